The van der Waals surface area contributed by atoms with Crippen molar-refractivity contribution in [1.29, 1.82) is 0 Å². The number of carbonyl (C=O) groups excluding carboxylic acids is 4. The highest BCUT2D eigenvalue weighted by Crippen LogP contribution is 2.47. The second-order valence-electron chi connectivity index (χ2n) is 13.6. The Morgan fingerprint density at radius 2 is 1.48 bits per heavy atom. The molecule has 12 nitrogen and oxygen atoms in total. The molecule has 2 bridgehead atoms. The van der Waals surface area contributed by atoms with Crippen LogP contribution in [-0.2, 0) is 47.3 Å². The van der Waals surface area contributed by atoms with E-state index in [-0.39, 0.29) is 24.4 Å². The van der Waals surface area contributed by atoms with Crippen molar-refractivity contribution in [3.63, 3.8) is 0 Å². The number of esters is 1. The van der Waals surface area contributed by atoms with Gasteiger partial charge in [-0.2, -0.15) is 0 Å². The lowest BCUT2D eigenvalue weighted by Crippen LogP contribution is -2.55. The molecule has 1 aliphatic carbocycles. The number of amides is 2. The minimum atomic E-state index is -2.59. The lowest BCUT2D eigenvalue weighted by Gasteiger charge is -2.45. The largest absolute Gasteiger partial charge is 0.438 e. The molecule has 4 aromatic rings. The molecule has 3 aromatic carbocycles. The van der Waals surface area contributed by atoms with E-state index in [0.717, 1.165) is 52.9 Å². The summed E-state index contributed by atoms with van der Waals surface area (Å²) in [6.45, 7) is -0.187. The van der Waals surface area contributed by atoms with E-state index >= 15 is 0 Å². The smallest absolute Gasteiger partial charge is 0.390 e. The molecule has 2 aliphatic heterocycles. The van der Waals surface area contributed by atoms with Crippen molar-refractivity contribution in [1.82, 2.24) is 20.0 Å². The zero-order valence-electron chi connectivity index (χ0n) is 28.0. The van der Waals surface area contributed by atoms with E-state index < -0.39 is 48.6 Å². The molecule has 1 saturated carbocycles. The fraction of sp³-hybridized carbons (Fsp3) is 0.368. The molecule has 1 aromatic heterocycles. The Morgan fingerprint density at radius 1 is 0.840 bits per heavy atom. The molecule has 2 amide bonds. The SMILES string of the molecule is CN(C)C1(c2ccccc2)CCC(c2[nH]c3ccccc3c2CC2OC(=O)CC3(O)CC(=O)ON(Cc4ccccc4)C(=O)N2OC3=O)CC1. The van der Waals surface area contributed by atoms with Gasteiger partial charge in [-0.25, -0.2) is 14.4 Å². The molecule has 3 heterocycles. The van der Waals surface area contributed by atoms with E-state index in [0.29, 0.717) is 10.6 Å². The molecular weight excluding hydrogens is 640 g/mol. The molecule has 3 aliphatic rings. The van der Waals surface area contributed by atoms with Gasteiger partial charge in [0.15, 0.2) is 5.60 Å². The summed E-state index contributed by atoms with van der Waals surface area (Å²) >= 11 is 0. The minimum absolute atomic E-state index is 0.0380. The second-order valence-corrected chi connectivity index (χ2v) is 13.6. The Kier molecular flexibility index (Phi) is 8.83. The Balaban J connectivity index is 1.25. The van der Waals surface area contributed by atoms with Crippen LogP contribution in [0, 0.1) is 0 Å². The maximum absolute atomic E-state index is 14.1. The van der Waals surface area contributed by atoms with E-state index in [4.69, 9.17) is 14.4 Å². The molecule has 2 atom stereocenters. The van der Waals surface area contributed by atoms with Gasteiger partial charge < -0.3 is 24.5 Å². The summed E-state index contributed by atoms with van der Waals surface area (Å²) in [6.07, 6.45) is 0.294. The molecule has 2 unspecified atom stereocenters. The number of nitrogens with zero attached hydrogens (tertiary/aromatic N) is 3. The van der Waals surface area contributed by atoms with E-state index in [1.165, 1.54) is 5.56 Å². The first kappa shape index (κ1) is 33.3. The zero-order valence-corrected chi connectivity index (χ0v) is 28.0. The van der Waals surface area contributed by atoms with Crippen LogP contribution in [0.5, 0.6) is 0 Å². The highest BCUT2D eigenvalue weighted by molar-refractivity contribution is 5.92. The van der Waals surface area contributed by atoms with E-state index in [9.17, 15) is 24.3 Å². The topological polar surface area (TPSA) is 142 Å². The van der Waals surface area contributed by atoms with Crippen molar-refractivity contribution in [2.45, 2.75) is 74.8 Å². The molecule has 12 heteroatoms. The molecule has 3 fully saturated rings. The van der Waals surface area contributed by atoms with Crippen LogP contribution in [0.3, 0.4) is 0 Å². The summed E-state index contributed by atoms with van der Waals surface area (Å²) in [5, 5.41) is 13.4. The number of aromatic nitrogens is 1. The Bertz CT molecular complexity index is 1900. The fourth-order valence-corrected chi connectivity index (χ4v) is 7.69. The number of fused-ring (bicyclic) bond motifs is 4. The second kappa shape index (κ2) is 13.3. The first-order valence-corrected chi connectivity index (χ1v) is 16.9. The van der Waals surface area contributed by atoms with Crippen LogP contribution in [0.4, 0.5) is 4.79 Å². The number of urea groups is 1. The maximum Gasteiger partial charge on any atom is 0.390 e. The van der Waals surface area contributed by atoms with Gasteiger partial charge in [0, 0.05) is 28.6 Å². The average Bonchev–Trinajstić information content (AvgIpc) is 3.48. The molecule has 2 saturated heterocycles. The molecule has 260 valence electrons. The van der Waals surface area contributed by atoms with Gasteiger partial charge in [-0.1, -0.05) is 78.9 Å². The van der Waals surface area contributed by atoms with Gasteiger partial charge in [0.2, 0.25) is 6.23 Å². The monoisotopic (exact) mass is 680 g/mol. The summed E-state index contributed by atoms with van der Waals surface area (Å²) in [5.74, 6) is -3.25. The number of carbonyl (C=O) groups is 4. The molecule has 50 heavy (non-hydrogen) atoms. The van der Waals surface area contributed by atoms with Crippen LogP contribution in [0.1, 0.15) is 66.8 Å². The van der Waals surface area contributed by atoms with Crippen molar-refractivity contribution < 1.29 is 38.7 Å². The summed E-state index contributed by atoms with van der Waals surface area (Å²) in [4.78, 5) is 70.6. The number of para-hydroxylation sites is 1. The number of cyclic esters (lactones) is 1. The third-order valence-corrected chi connectivity index (χ3v) is 10.4. The predicted octanol–water partition coefficient (Wildman–Crippen LogP) is 5.07. The van der Waals surface area contributed by atoms with Crippen LogP contribution in [0.15, 0.2) is 84.9 Å². The average molecular weight is 681 g/mol. The number of hydrogen-bond donors (Lipinski definition) is 2. The molecule has 2 N–H and O–H groups in total. The van der Waals surface area contributed by atoms with E-state index in [1.54, 1.807) is 30.3 Å². The molecule has 0 spiro atoms. The Morgan fingerprint density at radius 3 is 2.18 bits per heavy atom. The number of hydroxylamine groups is 4. The summed E-state index contributed by atoms with van der Waals surface area (Å²) in [7, 11) is 4.24. The van der Waals surface area contributed by atoms with Gasteiger partial charge in [-0.15, -0.1) is 10.1 Å². The number of rotatable bonds is 7. The third kappa shape index (κ3) is 6.20. The minimum Gasteiger partial charge on any atom is -0.438 e. The lowest BCUT2D eigenvalue weighted by molar-refractivity contribution is -0.248. The van der Waals surface area contributed by atoms with Crippen molar-refractivity contribution >= 4 is 34.8 Å². The summed E-state index contributed by atoms with van der Waals surface area (Å²) in [5.41, 5.74) is 1.83. The predicted molar refractivity (Wildman–Crippen MR) is 180 cm³/mol. The van der Waals surface area contributed by atoms with Crippen LogP contribution in [-0.4, -0.2) is 75.0 Å². The first-order chi connectivity index (χ1) is 24.1. The van der Waals surface area contributed by atoms with Gasteiger partial charge in [0.05, 0.1) is 19.4 Å². The van der Waals surface area contributed by atoms with Crippen LogP contribution in [0.2, 0.25) is 0 Å². The van der Waals surface area contributed by atoms with Crippen molar-refractivity contribution in [3.05, 3.63) is 107 Å². The quantitative estimate of drug-likeness (QED) is 0.256. The molecule has 0 radical (unpaired) electrons. The van der Waals surface area contributed by atoms with Gasteiger partial charge in [-0.3, -0.25) is 9.69 Å². The van der Waals surface area contributed by atoms with Crippen LogP contribution < -0.4 is 0 Å². The van der Waals surface area contributed by atoms with Crippen molar-refractivity contribution in [2.24, 2.45) is 0 Å². The van der Waals surface area contributed by atoms with E-state index in [2.05, 4.69) is 48.2 Å². The Hall–Kier alpha value is -5.20. The number of H-pyrrole nitrogens is 1. The molecular formula is C38H40N4O8. The number of hydrogen-bond acceptors (Lipinski definition) is 9. The number of nitrogens with one attached hydrogen (secondary N) is 1. The number of aliphatic hydroxyl groups is 1. The molecule has 7 rings (SSSR count). The number of ether oxygens (including phenoxy) is 1. The van der Waals surface area contributed by atoms with Gasteiger partial charge in [-0.05, 0) is 68.5 Å². The standard InChI is InChI=1S/C38H40N4O8/c1-40(2)37(27-13-7-4-8-14-27)19-17-26(18-20-37)34-29(28-15-9-10-16-30(28)39-34)21-31-42-36(46)41(24-25-11-5-3-6-12-25)49-33(44)23-38(47,35(45)50-42)22-32(43)48-31/h3-16,26,31,39,47H,17-24H2,1-2H3. The van der Waals surface area contributed by atoms with Gasteiger partial charge >= 0.3 is 23.9 Å². The van der Waals surface area contributed by atoms with Crippen LogP contribution in [0.25, 0.3) is 10.9 Å². The normalized spacial score (nSPS) is 26.1. The number of aromatic amines is 1. The zero-order chi connectivity index (χ0) is 35.0. The highest BCUT2D eigenvalue weighted by Gasteiger charge is 2.52. The number of benzene rings is 3. The summed E-state index contributed by atoms with van der Waals surface area (Å²) < 4.78 is 5.84. The summed E-state index contributed by atoms with van der Waals surface area (Å²) in [6, 6.07) is 26.1. The Labute approximate surface area is 289 Å². The first-order valence-electron chi connectivity index (χ1n) is 16.9. The van der Waals surface area contributed by atoms with Gasteiger partial charge in [0.1, 0.15) is 0 Å². The van der Waals surface area contributed by atoms with E-state index in [1.807, 2.05) is 30.3 Å². The fourth-order valence-electron chi connectivity index (χ4n) is 7.69. The van der Waals surface area contributed by atoms with Crippen LogP contribution >= 0.6 is 0 Å². The maximum atomic E-state index is 14.1. The lowest BCUT2D eigenvalue weighted by atomic mass is 9.70. The van der Waals surface area contributed by atoms with Crippen molar-refractivity contribution in [2.75, 3.05) is 14.1 Å². The highest BCUT2D eigenvalue weighted by atomic mass is 16.8. The third-order valence-electron chi connectivity index (χ3n) is 10.4. The van der Waals surface area contributed by atoms with Gasteiger partial charge in [0.25, 0.3) is 0 Å². The van der Waals surface area contributed by atoms with Crippen molar-refractivity contribution in [3.8, 4) is 0 Å².